The molecule has 0 spiro atoms. The van der Waals surface area contributed by atoms with Crippen molar-refractivity contribution in [2.75, 3.05) is 13.2 Å². The molecule has 1 aliphatic rings. The van der Waals surface area contributed by atoms with E-state index in [1.165, 1.54) is 18.4 Å². The highest BCUT2D eigenvalue weighted by atomic mass is 16.3. The molecule has 0 heterocycles. The van der Waals surface area contributed by atoms with Gasteiger partial charge in [-0.2, -0.15) is 0 Å². The monoisotopic (exact) mass is 212 g/mol. The number of hydrogen-bond donors (Lipinski definition) is 2. The Morgan fingerprint density at radius 2 is 1.73 bits per heavy atom. The van der Waals surface area contributed by atoms with Crippen LogP contribution >= 0.6 is 0 Å². The zero-order valence-electron chi connectivity index (χ0n) is 10.00. The van der Waals surface area contributed by atoms with E-state index in [1.54, 1.807) is 0 Å². The summed E-state index contributed by atoms with van der Waals surface area (Å²) in [6.07, 6.45) is 7.79. The van der Waals surface area contributed by atoms with Gasteiger partial charge in [-0.05, 0) is 39.0 Å². The zero-order valence-corrected chi connectivity index (χ0v) is 10.00. The Morgan fingerprint density at radius 1 is 1.20 bits per heavy atom. The quantitative estimate of drug-likeness (QED) is 0.687. The number of allylic oxidation sites excluding steroid dienone is 2. The van der Waals surface area contributed by atoms with Crippen molar-refractivity contribution in [3.63, 3.8) is 0 Å². The van der Waals surface area contributed by atoms with Gasteiger partial charge in [0.05, 0.1) is 13.2 Å². The Kier molecular flexibility index (Phi) is 4.81. The summed E-state index contributed by atoms with van der Waals surface area (Å²) in [6, 6.07) is 0. The molecular weight excluding hydrogens is 188 g/mol. The van der Waals surface area contributed by atoms with E-state index in [0.717, 1.165) is 19.3 Å². The van der Waals surface area contributed by atoms with E-state index in [4.69, 9.17) is 0 Å². The summed E-state index contributed by atoms with van der Waals surface area (Å²) in [4.78, 5) is 0. The maximum absolute atomic E-state index is 9.56. The molecule has 2 nitrogen and oxygen atoms in total. The van der Waals surface area contributed by atoms with Gasteiger partial charge in [0, 0.05) is 5.41 Å². The van der Waals surface area contributed by atoms with Crippen molar-refractivity contribution in [3.8, 4) is 0 Å². The van der Waals surface area contributed by atoms with Crippen molar-refractivity contribution in [2.45, 2.75) is 46.0 Å². The van der Waals surface area contributed by atoms with E-state index in [2.05, 4.69) is 19.9 Å². The van der Waals surface area contributed by atoms with Crippen molar-refractivity contribution >= 4 is 0 Å². The summed E-state index contributed by atoms with van der Waals surface area (Å²) in [7, 11) is 0. The van der Waals surface area contributed by atoms with Crippen LogP contribution in [0.3, 0.4) is 0 Å². The average Bonchev–Trinajstić information content (AvgIpc) is 2.74. The second-order valence-electron chi connectivity index (χ2n) is 5.15. The predicted molar refractivity (Wildman–Crippen MR) is 62.6 cm³/mol. The van der Waals surface area contributed by atoms with Crippen molar-refractivity contribution in [2.24, 2.45) is 11.3 Å². The SMILES string of the molecule is CC(C)=CCC(CO)(CO)C1CCCC1. The van der Waals surface area contributed by atoms with Crippen molar-refractivity contribution in [1.82, 2.24) is 0 Å². The fourth-order valence-corrected chi connectivity index (χ4v) is 2.55. The topological polar surface area (TPSA) is 40.5 Å². The molecule has 88 valence electrons. The molecule has 0 amide bonds. The number of rotatable bonds is 5. The fraction of sp³-hybridized carbons (Fsp3) is 0.846. The van der Waals surface area contributed by atoms with Crippen LogP contribution in [0, 0.1) is 11.3 Å². The van der Waals surface area contributed by atoms with Gasteiger partial charge >= 0.3 is 0 Å². The molecule has 1 saturated carbocycles. The van der Waals surface area contributed by atoms with Gasteiger partial charge in [0.2, 0.25) is 0 Å². The summed E-state index contributed by atoms with van der Waals surface area (Å²) < 4.78 is 0. The van der Waals surface area contributed by atoms with Gasteiger partial charge in [-0.1, -0.05) is 24.5 Å². The fourth-order valence-electron chi connectivity index (χ4n) is 2.55. The highest BCUT2D eigenvalue weighted by molar-refractivity contribution is 5.00. The molecule has 0 saturated heterocycles. The van der Waals surface area contributed by atoms with Crippen molar-refractivity contribution in [1.29, 1.82) is 0 Å². The molecule has 0 aliphatic heterocycles. The predicted octanol–water partition coefficient (Wildman–Crippen LogP) is 2.50. The van der Waals surface area contributed by atoms with Crippen LogP contribution in [0.1, 0.15) is 46.0 Å². The Balaban J connectivity index is 2.71. The molecule has 2 N–H and O–H groups in total. The maximum Gasteiger partial charge on any atom is 0.0515 e. The van der Waals surface area contributed by atoms with Crippen molar-refractivity contribution < 1.29 is 10.2 Å². The van der Waals surface area contributed by atoms with Gasteiger partial charge in [0.15, 0.2) is 0 Å². The normalized spacial score (nSPS) is 18.1. The lowest BCUT2D eigenvalue weighted by atomic mass is 9.73. The molecule has 0 aromatic rings. The van der Waals surface area contributed by atoms with E-state index in [0.29, 0.717) is 5.92 Å². The minimum absolute atomic E-state index is 0.109. The van der Waals surface area contributed by atoms with Crippen LogP contribution in [0.15, 0.2) is 11.6 Å². The minimum atomic E-state index is -0.270. The lowest BCUT2D eigenvalue weighted by molar-refractivity contribution is 0.00778. The summed E-state index contributed by atoms with van der Waals surface area (Å²) >= 11 is 0. The largest absolute Gasteiger partial charge is 0.396 e. The number of aliphatic hydroxyl groups excluding tert-OH is 2. The molecule has 1 fully saturated rings. The second kappa shape index (κ2) is 5.66. The summed E-state index contributed by atoms with van der Waals surface area (Å²) in [6.45, 7) is 4.35. The average molecular weight is 212 g/mol. The zero-order chi connectivity index (χ0) is 11.3. The Bertz CT molecular complexity index is 207. The molecule has 0 aromatic heterocycles. The first-order valence-corrected chi connectivity index (χ1v) is 6.00. The summed E-state index contributed by atoms with van der Waals surface area (Å²) in [5.74, 6) is 0.503. The molecule has 0 unspecified atom stereocenters. The maximum atomic E-state index is 9.56. The Morgan fingerprint density at radius 3 is 2.13 bits per heavy atom. The van der Waals surface area contributed by atoms with Gasteiger partial charge in [-0.25, -0.2) is 0 Å². The van der Waals surface area contributed by atoms with Gasteiger partial charge in [0.1, 0.15) is 0 Å². The summed E-state index contributed by atoms with van der Waals surface area (Å²) in [5.41, 5.74) is 0.993. The smallest absolute Gasteiger partial charge is 0.0515 e. The van der Waals surface area contributed by atoms with Gasteiger partial charge < -0.3 is 10.2 Å². The first kappa shape index (κ1) is 12.7. The Hall–Kier alpha value is -0.340. The lowest BCUT2D eigenvalue weighted by Crippen LogP contribution is -2.36. The minimum Gasteiger partial charge on any atom is -0.396 e. The van der Waals surface area contributed by atoms with E-state index in [1.807, 2.05) is 0 Å². The molecule has 1 aliphatic carbocycles. The highest BCUT2D eigenvalue weighted by Crippen LogP contribution is 2.42. The van der Waals surface area contributed by atoms with E-state index in [-0.39, 0.29) is 18.6 Å². The number of hydrogen-bond acceptors (Lipinski definition) is 2. The van der Waals surface area contributed by atoms with Crippen LogP contribution in [0.4, 0.5) is 0 Å². The van der Waals surface area contributed by atoms with Crippen LogP contribution in [0.5, 0.6) is 0 Å². The molecule has 15 heavy (non-hydrogen) atoms. The standard InChI is InChI=1S/C13H24O2/c1-11(2)7-8-13(9-14,10-15)12-5-3-4-6-12/h7,12,14-15H,3-6,8-10H2,1-2H3. The third-order valence-corrected chi connectivity index (χ3v) is 3.77. The number of aliphatic hydroxyl groups is 2. The van der Waals surface area contributed by atoms with Crippen LogP contribution < -0.4 is 0 Å². The molecule has 0 radical (unpaired) electrons. The third kappa shape index (κ3) is 3.05. The third-order valence-electron chi connectivity index (χ3n) is 3.77. The van der Waals surface area contributed by atoms with E-state index in [9.17, 15) is 10.2 Å². The summed E-state index contributed by atoms with van der Waals surface area (Å²) in [5, 5.41) is 19.1. The molecule has 0 atom stereocenters. The van der Waals surface area contributed by atoms with E-state index < -0.39 is 0 Å². The first-order chi connectivity index (χ1) is 7.14. The van der Waals surface area contributed by atoms with Crippen LogP contribution in [0.25, 0.3) is 0 Å². The second-order valence-corrected chi connectivity index (χ2v) is 5.15. The molecular formula is C13H24O2. The van der Waals surface area contributed by atoms with Crippen LogP contribution in [-0.4, -0.2) is 23.4 Å². The van der Waals surface area contributed by atoms with Gasteiger partial charge in [-0.15, -0.1) is 0 Å². The van der Waals surface area contributed by atoms with Crippen molar-refractivity contribution in [3.05, 3.63) is 11.6 Å². The van der Waals surface area contributed by atoms with Crippen LogP contribution in [0.2, 0.25) is 0 Å². The van der Waals surface area contributed by atoms with Gasteiger partial charge in [-0.3, -0.25) is 0 Å². The Labute approximate surface area is 93.0 Å². The molecule has 1 rings (SSSR count). The van der Waals surface area contributed by atoms with E-state index >= 15 is 0 Å². The molecule has 0 bridgehead atoms. The highest BCUT2D eigenvalue weighted by Gasteiger charge is 2.38. The van der Waals surface area contributed by atoms with Crippen LogP contribution in [-0.2, 0) is 0 Å². The molecule has 0 aromatic carbocycles. The van der Waals surface area contributed by atoms with Gasteiger partial charge in [0.25, 0.3) is 0 Å². The molecule has 2 heteroatoms. The lowest BCUT2D eigenvalue weighted by Gasteiger charge is -2.35. The first-order valence-electron chi connectivity index (χ1n) is 6.00.